The molecule has 5 nitrogen and oxygen atoms in total. The Morgan fingerprint density at radius 1 is 1.25 bits per heavy atom. The summed E-state index contributed by atoms with van der Waals surface area (Å²) in [4.78, 5) is 16.0. The van der Waals surface area contributed by atoms with Crippen molar-refractivity contribution in [2.24, 2.45) is 0 Å². The average Bonchev–Trinajstić information content (AvgIpc) is 2.86. The summed E-state index contributed by atoms with van der Waals surface area (Å²) in [6, 6.07) is 3.69. The standard InChI is InChI=1S/C14H15N3O2S/c18-11-6-2-1-3-7-12(11)20-14-17-16-13(19-14)10-5-4-8-15-9-10/h4-5,8-9,12H,1-3,6-7H2. The number of carbonyl (C=O) groups excluding carboxylic acids is 1. The smallest absolute Gasteiger partial charge is 0.277 e. The van der Waals surface area contributed by atoms with E-state index < -0.39 is 0 Å². The fourth-order valence-electron chi connectivity index (χ4n) is 2.24. The molecule has 1 unspecified atom stereocenters. The molecule has 2 heterocycles. The molecule has 0 aliphatic heterocycles. The number of nitrogens with zero attached hydrogens (tertiary/aromatic N) is 3. The normalized spacial score (nSPS) is 19.8. The molecule has 2 aromatic heterocycles. The molecule has 0 saturated heterocycles. The van der Waals surface area contributed by atoms with E-state index in [9.17, 15) is 4.79 Å². The third-order valence-electron chi connectivity index (χ3n) is 3.31. The van der Waals surface area contributed by atoms with Crippen molar-refractivity contribution in [3.8, 4) is 11.5 Å². The molecule has 2 aromatic rings. The molecule has 1 aliphatic rings. The number of ketones is 1. The molecule has 0 amide bonds. The van der Waals surface area contributed by atoms with Crippen molar-refractivity contribution in [2.45, 2.75) is 42.6 Å². The SMILES string of the molecule is O=C1CCCCCC1Sc1nnc(-c2cccnc2)o1. The van der Waals surface area contributed by atoms with Crippen LogP contribution in [-0.2, 0) is 4.79 Å². The Labute approximate surface area is 121 Å². The Balaban J connectivity index is 1.72. The number of pyridine rings is 1. The fourth-order valence-corrected chi connectivity index (χ4v) is 3.23. The van der Waals surface area contributed by atoms with Crippen molar-refractivity contribution in [1.29, 1.82) is 0 Å². The summed E-state index contributed by atoms with van der Waals surface area (Å²) in [5, 5.41) is 8.45. The number of carbonyl (C=O) groups is 1. The minimum Gasteiger partial charge on any atom is -0.411 e. The fraction of sp³-hybridized carbons (Fsp3) is 0.429. The highest BCUT2D eigenvalue weighted by Gasteiger charge is 2.24. The van der Waals surface area contributed by atoms with Crippen LogP contribution in [0.25, 0.3) is 11.5 Å². The summed E-state index contributed by atoms with van der Waals surface area (Å²) in [5.41, 5.74) is 0.791. The van der Waals surface area contributed by atoms with Crippen molar-refractivity contribution in [3.05, 3.63) is 24.5 Å². The quantitative estimate of drug-likeness (QED) is 0.809. The van der Waals surface area contributed by atoms with E-state index in [-0.39, 0.29) is 5.25 Å². The van der Waals surface area contributed by atoms with Crippen molar-refractivity contribution in [2.75, 3.05) is 0 Å². The third kappa shape index (κ3) is 3.07. The first kappa shape index (κ1) is 13.3. The van der Waals surface area contributed by atoms with Gasteiger partial charge in [0.1, 0.15) is 5.78 Å². The highest BCUT2D eigenvalue weighted by atomic mass is 32.2. The molecule has 0 spiro atoms. The Morgan fingerprint density at radius 3 is 3.05 bits per heavy atom. The molecule has 0 N–H and O–H groups in total. The van der Waals surface area contributed by atoms with Gasteiger partial charge in [0, 0.05) is 18.8 Å². The molecule has 1 saturated carbocycles. The van der Waals surface area contributed by atoms with E-state index in [1.807, 2.05) is 12.1 Å². The van der Waals surface area contributed by atoms with Gasteiger partial charge in [-0.1, -0.05) is 24.6 Å². The predicted octanol–water partition coefficient (Wildman–Crippen LogP) is 3.13. The van der Waals surface area contributed by atoms with Crippen LogP contribution in [0.1, 0.15) is 32.1 Å². The second-order valence-corrected chi connectivity index (χ2v) is 5.94. The number of rotatable bonds is 3. The van der Waals surface area contributed by atoms with E-state index in [2.05, 4.69) is 15.2 Å². The zero-order chi connectivity index (χ0) is 13.8. The molecule has 0 aromatic carbocycles. The highest BCUT2D eigenvalue weighted by molar-refractivity contribution is 8.00. The summed E-state index contributed by atoms with van der Waals surface area (Å²) in [5.74, 6) is 0.746. The lowest BCUT2D eigenvalue weighted by atomic mass is 10.2. The van der Waals surface area contributed by atoms with Crippen LogP contribution in [0.4, 0.5) is 0 Å². The van der Waals surface area contributed by atoms with E-state index in [1.54, 1.807) is 12.4 Å². The second-order valence-electron chi connectivity index (χ2n) is 4.79. The number of hydrogen-bond acceptors (Lipinski definition) is 6. The molecule has 1 fully saturated rings. The molecule has 0 radical (unpaired) electrons. The maximum atomic E-state index is 12.0. The van der Waals surface area contributed by atoms with Crippen LogP contribution < -0.4 is 0 Å². The monoisotopic (exact) mass is 289 g/mol. The summed E-state index contributed by atoms with van der Waals surface area (Å²) < 4.78 is 5.61. The lowest BCUT2D eigenvalue weighted by molar-refractivity contribution is -0.118. The van der Waals surface area contributed by atoms with E-state index in [0.29, 0.717) is 23.3 Å². The number of hydrogen-bond donors (Lipinski definition) is 0. The van der Waals surface area contributed by atoms with Crippen LogP contribution in [0.3, 0.4) is 0 Å². The first-order valence-electron chi connectivity index (χ1n) is 6.76. The predicted molar refractivity (Wildman–Crippen MR) is 75.3 cm³/mol. The van der Waals surface area contributed by atoms with Gasteiger partial charge in [-0.2, -0.15) is 0 Å². The number of Topliss-reactive ketones (excluding diaryl/α,β-unsaturated/α-hetero) is 1. The molecule has 0 bridgehead atoms. The van der Waals surface area contributed by atoms with Crippen molar-refractivity contribution < 1.29 is 9.21 Å². The Kier molecular flexibility index (Phi) is 4.11. The summed E-state index contributed by atoms with van der Waals surface area (Å²) in [7, 11) is 0. The van der Waals surface area contributed by atoms with Crippen molar-refractivity contribution in [3.63, 3.8) is 0 Å². The molecule has 1 aliphatic carbocycles. The van der Waals surface area contributed by atoms with Gasteiger partial charge in [-0.25, -0.2) is 0 Å². The maximum absolute atomic E-state index is 12.0. The average molecular weight is 289 g/mol. The van der Waals surface area contributed by atoms with E-state index >= 15 is 0 Å². The van der Waals surface area contributed by atoms with Crippen LogP contribution in [0.5, 0.6) is 0 Å². The van der Waals surface area contributed by atoms with E-state index in [0.717, 1.165) is 31.2 Å². The Morgan fingerprint density at radius 2 is 2.20 bits per heavy atom. The maximum Gasteiger partial charge on any atom is 0.277 e. The summed E-state index contributed by atoms with van der Waals surface area (Å²) in [6.07, 6.45) is 8.16. The van der Waals surface area contributed by atoms with Crippen molar-refractivity contribution in [1.82, 2.24) is 15.2 Å². The third-order valence-corrected chi connectivity index (χ3v) is 4.46. The Hall–Kier alpha value is -1.69. The first-order valence-corrected chi connectivity index (χ1v) is 7.64. The molecule has 20 heavy (non-hydrogen) atoms. The number of aromatic nitrogens is 3. The topological polar surface area (TPSA) is 68.9 Å². The molecule has 3 rings (SSSR count). The molecule has 104 valence electrons. The molecule has 6 heteroatoms. The number of thioether (sulfide) groups is 1. The lowest BCUT2D eigenvalue weighted by Crippen LogP contribution is -2.14. The van der Waals surface area contributed by atoms with Crippen LogP contribution in [-0.4, -0.2) is 26.2 Å². The molecular formula is C14H15N3O2S. The minimum atomic E-state index is -0.0419. The van der Waals surface area contributed by atoms with Crippen LogP contribution in [0.15, 0.2) is 34.2 Å². The van der Waals surface area contributed by atoms with Gasteiger partial charge in [-0.05, 0) is 25.0 Å². The van der Waals surface area contributed by atoms with Gasteiger partial charge < -0.3 is 4.42 Å². The minimum absolute atomic E-state index is 0.0419. The van der Waals surface area contributed by atoms with Gasteiger partial charge in [0.15, 0.2) is 0 Å². The lowest BCUT2D eigenvalue weighted by Gasteiger charge is -2.08. The summed E-state index contributed by atoms with van der Waals surface area (Å²) >= 11 is 1.39. The second kappa shape index (κ2) is 6.17. The van der Waals surface area contributed by atoms with Gasteiger partial charge >= 0.3 is 0 Å². The first-order chi connectivity index (χ1) is 9.83. The Bertz CT molecular complexity index is 585. The van der Waals surface area contributed by atoms with Crippen LogP contribution in [0, 0.1) is 0 Å². The zero-order valence-corrected chi connectivity index (χ0v) is 11.8. The van der Waals surface area contributed by atoms with Gasteiger partial charge in [0.2, 0.25) is 5.89 Å². The van der Waals surface area contributed by atoms with Gasteiger partial charge in [-0.3, -0.25) is 9.78 Å². The molecular weight excluding hydrogens is 274 g/mol. The largest absolute Gasteiger partial charge is 0.411 e. The van der Waals surface area contributed by atoms with Gasteiger partial charge in [0.05, 0.1) is 10.8 Å². The van der Waals surface area contributed by atoms with Gasteiger partial charge in [0.25, 0.3) is 5.22 Å². The summed E-state index contributed by atoms with van der Waals surface area (Å²) in [6.45, 7) is 0. The van der Waals surface area contributed by atoms with Crippen LogP contribution >= 0.6 is 11.8 Å². The van der Waals surface area contributed by atoms with Crippen LogP contribution in [0.2, 0.25) is 0 Å². The zero-order valence-electron chi connectivity index (χ0n) is 11.0. The van der Waals surface area contributed by atoms with E-state index in [4.69, 9.17) is 4.42 Å². The van der Waals surface area contributed by atoms with Gasteiger partial charge in [-0.15, -0.1) is 10.2 Å². The molecule has 1 atom stereocenters. The highest BCUT2D eigenvalue weighted by Crippen LogP contribution is 2.31. The van der Waals surface area contributed by atoms with Crippen molar-refractivity contribution >= 4 is 17.5 Å². The van der Waals surface area contributed by atoms with E-state index in [1.165, 1.54) is 11.8 Å².